The number of ether oxygens (including phenoxy) is 1. The number of esters is 1. The molecule has 132 valence electrons. The Bertz CT molecular complexity index is 590. The molecular formula is C18H26N2O4. The summed E-state index contributed by atoms with van der Waals surface area (Å²) in [5.74, 6) is 0.188. The third kappa shape index (κ3) is 2.56. The predicted octanol–water partition coefficient (Wildman–Crippen LogP) is 1.32. The van der Waals surface area contributed by atoms with Crippen LogP contribution in [0.15, 0.2) is 11.6 Å². The van der Waals surface area contributed by atoms with Crippen LogP contribution in [-0.2, 0) is 19.2 Å². The van der Waals surface area contributed by atoms with E-state index in [0.717, 1.165) is 6.42 Å². The normalized spacial score (nSPS) is 44.4. The fraction of sp³-hybridized carbons (Fsp3) is 0.778. The van der Waals surface area contributed by atoms with Gasteiger partial charge in [0.1, 0.15) is 12.1 Å². The monoisotopic (exact) mass is 334 g/mol. The van der Waals surface area contributed by atoms with Gasteiger partial charge in [0.15, 0.2) is 0 Å². The molecule has 0 radical (unpaired) electrons. The Morgan fingerprint density at radius 3 is 3.00 bits per heavy atom. The van der Waals surface area contributed by atoms with Crippen LogP contribution in [0.25, 0.3) is 0 Å². The fourth-order valence-corrected chi connectivity index (χ4v) is 5.05. The van der Waals surface area contributed by atoms with Gasteiger partial charge < -0.3 is 10.1 Å². The summed E-state index contributed by atoms with van der Waals surface area (Å²) in [7, 11) is 0. The molecule has 0 bridgehead atoms. The Morgan fingerprint density at radius 2 is 2.25 bits per heavy atom. The van der Waals surface area contributed by atoms with Crippen molar-refractivity contribution in [2.75, 3.05) is 13.2 Å². The Labute approximate surface area is 142 Å². The van der Waals surface area contributed by atoms with Crippen molar-refractivity contribution in [1.82, 2.24) is 10.8 Å². The maximum Gasteiger partial charge on any atom is 0.311 e. The zero-order valence-electron chi connectivity index (χ0n) is 14.3. The second kappa shape index (κ2) is 5.85. The van der Waals surface area contributed by atoms with E-state index in [4.69, 9.17) is 9.57 Å². The van der Waals surface area contributed by atoms with Crippen molar-refractivity contribution >= 4 is 11.9 Å². The summed E-state index contributed by atoms with van der Waals surface area (Å²) >= 11 is 0. The van der Waals surface area contributed by atoms with Gasteiger partial charge in [0, 0.05) is 12.5 Å². The minimum atomic E-state index is -0.382. The molecule has 0 aromatic heterocycles. The van der Waals surface area contributed by atoms with E-state index in [1.54, 1.807) is 0 Å². The number of hydroxylamine groups is 1. The third-order valence-corrected chi connectivity index (χ3v) is 6.40. The highest BCUT2D eigenvalue weighted by Gasteiger charge is 2.51. The van der Waals surface area contributed by atoms with Gasteiger partial charge in [-0.15, -0.1) is 0 Å². The van der Waals surface area contributed by atoms with Gasteiger partial charge in [-0.2, -0.15) is 0 Å². The maximum absolute atomic E-state index is 12.4. The molecule has 0 aromatic rings. The summed E-state index contributed by atoms with van der Waals surface area (Å²) in [5.41, 5.74) is 4.03. The molecule has 1 saturated carbocycles. The summed E-state index contributed by atoms with van der Waals surface area (Å²) in [4.78, 5) is 28.9. The quantitative estimate of drug-likeness (QED) is 0.601. The van der Waals surface area contributed by atoms with E-state index in [2.05, 4.69) is 30.7 Å². The van der Waals surface area contributed by atoms with Gasteiger partial charge in [0.05, 0.1) is 12.5 Å². The average Bonchev–Trinajstić information content (AvgIpc) is 3.05. The van der Waals surface area contributed by atoms with Crippen molar-refractivity contribution in [2.24, 2.45) is 23.2 Å². The highest BCUT2D eigenvalue weighted by Crippen LogP contribution is 2.53. The number of carbonyl (C=O) groups excluding carboxylic acids is 2. The Hall–Kier alpha value is -1.40. The third-order valence-electron chi connectivity index (χ3n) is 6.40. The molecule has 0 unspecified atom stereocenters. The first-order valence-electron chi connectivity index (χ1n) is 9.06. The van der Waals surface area contributed by atoms with Crippen LogP contribution in [0.1, 0.15) is 39.5 Å². The number of rotatable bonds is 3. The molecule has 6 nitrogen and oxygen atoms in total. The second-order valence-electron chi connectivity index (χ2n) is 8.08. The topological polar surface area (TPSA) is 76.7 Å². The van der Waals surface area contributed by atoms with Gasteiger partial charge in [-0.1, -0.05) is 31.9 Å². The van der Waals surface area contributed by atoms with E-state index in [1.807, 2.05) is 0 Å². The van der Waals surface area contributed by atoms with Crippen LogP contribution in [0, 0.1) is 23.2 Å². The SMILES string of the molecule is C[C@H]1CCC[C@]2(C)C[C@H]3OC(=O)[C@H](CN[C@@H]4CONC4=O)[C@H]3C=C12. The van der Waals surface area contributed by atoms with E-state index in [1.165, 1.54) is 24.8 Å². The molecule has 6 heteroatoms. The molecule has 2 heterocycles. The lowest BCUT2D eigenvalue weighted by atomic mass is 9.59. The predicted molar refractivity (Wildman–Crippen MR) is 86.6 cm³/mol. The number of hydrogen-bond acceptors (Lipinski definition) is 5. The van der Waals surface area contributed by atoms with Gasteiger partial charge in [0.25, 0.3) is 5.91 Å². The summed E-state index contributed by atoms with van der Waals surface area (Å²) < 4.78 is 5.71. The van der Waals surface area contributed by atoms with Gasteiger partial charge in [-0.25, -0.2) is 5.48 Å². The Morgan fingerprint density at radius 1 is 1.42 bits per heavy atom. The van der Waals surface area contributed by atoms with Crippen molar-refractivity contribution < 1.29 is 19.2 Å². The molecular weight excluding hydrogens is 308 g/mol. The van der Waals surface area contributed by atoms with Crippen molar-refractivity contribution in [2.45, 2.75) is 51.7 Å². The lowest BCUT2D eigenvalue weighted by Gasteiger charge is -2.46. The molecule has 0 spiro atoms. The minimum absolute atomic E-state index is 0.0167. The second-order valence-corrected chi connectivity index (χ2v) is 8.08. The van der Waals surface area contributed by atoms with Crippen LogP contribution in [0.4, 0.5) is 0 Å². The molecule has 24 heavy (non-hydrogen) atoms. The molecule has 4 aliphatic rings. The molecule has 0 aromatic carbocycles. The lowest BCUT2D eigenvalue weighted by Crippen LogP contribution is -2.44. The standard InChI is InChI=1S/C18H26N2O4/c1-10-4-3-5-18(2)7-15-11(6-13(10)18)12(17(22)24-15)8-19-14-9-23-20-16(14)21/h6,10-12,14-15,19H,3-5,7-9H2,1-2H3,(H,20,21)/t10-,11+,12+,14+,15+,18+/m0/s1. The van der Waals surface area contributed by atoms with Crippen LogP contribution >= 0.6 is 0 Å². The fourth-order valence-electron chi connectivity index (χ4n) is 5.05. The van der Waals surface area contributed by atoms with E-state index in [0.29, 0.717) is 19.1 Å². The van der Waals surface area contributed by atoms with Crippen molar-refractivity contribution in [1.29, 1.82) is 0 Å². The summed E-state index contributed by atoms with van der Waals surface area (Å²) in [6.45, 7) is 5.38. The van der Waals surface area contributed by atoms with Crippen molar-refractivity contribution in [3.63, 3.8) is 0 Å². The summed E-state index contributed by atoms with van der Waals surface area (Å²) in [5, 5.41) is 3.16. The molecule has 3 fully saturated rings. The van der Waals surface area contributed by atoms with Crippen LogP contribution < -0.4 is 10.8 Å². The Kier molecular flexibility index (Phi) is 3.92. The first-order chi connectivity index (χ1) is 11.5. The number of carbonyl (C=O) groups is 2. The number of hydrogen-bond donors (Lipinski definition) is 2. The molecule has 2 N–H and O–H groups in total. The molecule has 1 amide bonds. The van der Waals surface area contributed by atoms with E-state index in [9.17, 15) is 9.59 Å². The van der Waals surface area contributed by atoms with Crippen LogP contribution in [0.3, 0.4) is 0 Å². The van der Waals surface area contributed by atoms with Crippen molar-refractivity contribution in [3.8, 4) is 0 Å². The molecule has 6 atom stereocenters. The number of allylic oxidation sites excluding steroid dienone is 1. The molecule has 2 saturated heterocycles. The van der Waals surface area contributed by atoms with Crippen LogP contribution in [-0.4, -0.2) is 37.2 Å². The van der Waals surface area contributed by atoms with E-state index in [-0.39, 0.29) is 41.3 Å². The average molecular weight is 334 g/mol. The highest BCUT2D eigenvalue weighted by atomic mass is 16.7. The first-order valence-corrected chi connectivity index (χ1v) is 9.06. The zero-order valence-corrected chi connectivity index (χ0v) is 14.3. The maximum atomic E-state index is 12.4. The smallest absolute Gasteiger partial charge is 0.311 e. The zero-order chi connectivity index (χ0) is 16.9. The first kappa shape index (κ1) is 16.1. The molecule has 2 aliphatic carbocycles. The van der Waals surface area contributed by atoms with Gasteiger partial charge in [0.2, 0.25) is 0 Å². The summed E-state index contributed by atoms with van der Waals surface area (Å²) in [6, 6.07) is -0.382. The van der Waals surface area contributed by atoms with Crippen molar-refractivity contribution in [3.05, 3.63) is 11.6 Å². The minimum Gasteiger partial charge on any atom is -0.461 e. The molecule has 4 rings (SSSR count). The largest absolute Gasteiger partial charge is 0.461 e. The van der Waals surface area contributed by atoms with Gasteiger partial charge in [-0.05, 0) is 30.6 Å². The lowest BCUT2D eigenvalue weighted by molar-refractivity contribution is -0.145. The molecule has 2 aliphatic heterocycles. The van der Waals surface area contributed by atoms with E-state index >= 15 is 0 Å². The van der Waals surface area contributed by atoms with Gasteiger partial charge in [-0.3, -0.25) is 14.4 Å². The number of nitrogens with one attached hydrogen (secondary N) is 2. The van der Waals surface area contributed by atoms with Gasteiger partial charge >= 0.3 is 5.97 Å². The highest BCUT2D eigenvalue weighted by molar-refractivity contribution is 5.82. The summed E-state index contributed by atoms with van der Waals surface area (Å²) in [6.07, 6.45) is 6.92. The Balaban J connectivity index is 1.52. The van der Waals surface area contributed by atoms with Crippen LogP contribution in [0.5, 0.6) is 0 Å². The van der Waals surface area contributed by atoms with Crippen LogP contribution in [0.2, 0.25) is 0 Å². The van der Waals surface area contributed by atoms with E-state index < -0.39 is 0 Å². The number of amides is 1. The number of fused-ring (bicyclic) bond motifs is 2.